The Bertz CT molecular complexity index is 805. The third kappa shape index (κ3) is 2.72. The van der Waals surface area contributed by atoms with Crippen molar-refractivity contribution in [1.29, 1.82) is 0 Å². The molecule has 0 aliphatic rings. The normalized spacial score (nSPS) is 10.9. The zero-order valence-electron chi connectivity index (χ0n) is 11.0. The number of rotatable bonds is 4. The summed E-state index contributed by atoms with van der Waals surface area (Å²) in [4.78, 5) is 29.0. The highest BCUT2D eigenvalue weighted by Crippen LogP contribution is 2.35. The molecule has 6 nitrogen and oxygen atoms in total. The first-order valence-electron chi connectivity index (χ1n) is 6.03. The highest BCUT2D eigenvalue weighted by atomic mass is 32.2. The van der Waals surface area contributed by atoms with E-state index in [1.165, 1.54) is 29.4 Å². The first kappa shape index (κ1) is 13.9. The molecule has 0 saturated heterocycles. The minimum absolute atomic E-state index is 0.309. The van der Waals surface area contributed by atoms with Crippen LogP contribution in [0.5, 0.6) is 0 Å². The summed E-state index contributed by atoms with van der Waals surface area (Å²) < 4.78 is 0. The van der Waals surface area contributed by atoms with Crippen LogP contribution in [0.1, 0.15) is 21.1 Å². The molecule has 0 spiro atoms. The Hall–Kier alpha value is -2.06. The lowest BCUT2D eigenvalue weighted by atomic mass is 10.2. The zero-order chi connectivity index (χ0) is 14.8. The summed E-state index contributed by atoms with van der Waals surface area (Å²) >= 11 is 2.65. The summed E-state index contributed by atoms with van der Waals surface area (Å²) in [5.41, 5.74) is 0.708. The van der Waals surface area contributed by atoms with Crippen molar-refractivity contribution in [2.45, 2.75) is 17.7 Å². The van der Waals surface area contributed by atoms with Crippen molar-refractivity contribution in [2.75, 3.05) is 0 Å². The van der Waals surface area contributed by atoms with Crippen LogP contribution in [0.25, 0.3) is 10.2 Å². The number of carboxylic acid groups (broad SMARTS) is 1. The molecule has 0 aliphatic heterocycles. The quantitative estimate of drug-likeness (QED) is 0.584. The Morgan fingerprint density at radius 3 is 2.76 bits per heavy atom. The van der Waals surface area contributed by atoms with Gasteiger partial charge in [0.1, 0.15) is 26.9 Å². The molecular formula is C13H10N4O2S2. The molecule has 8 heteroatoms. The first-order chi connectivity index (χ1) is 10.2. The van der Waals surface area contributed by atoms with Gasteiger partial charge in [0.15, 0.2) is 0 Å². The van der Waals surface area contributed by atoms with Crippen LogP contribution in [0.4, 0.5) is 0 Å². The van der Waals surface area contributed by atoms with E-state index >= 15 is 0 Å². The number of thioether (sulfide) groups is 1. The SMILES string of the molecule is Cc1c(C(=O)O)sc2ncnc(SCc3ncccn3)c12. The van der Waals surface area contributed by atoms with Gasteiger partial charge in [0.2, 0.25) is 0 Å². The number of fused-ring (bicyclic) bond motifs is 1. The number of nitrogens with zero attached hydrogens (tertiary/aromatic N) is 4. The maximum absolute atomic E-state index is 11.2. The fourth-order valence-corrected chi connectivity index (χ4v) is 3.87. The van der Waals surface area contributed by atoms with E-state index in [1.807, 2.05) is 0 Å². The van der Waals surface area contributed by atoms with Gasteiger partial charge in [0.25, 0.3) is 0 Å². The second kappa shape index (κ2) is 5.74. The fraction of sp³-hybridized carbons (Fsp3) is 0.154. The molecule has 0 fully saturated rings. The molecule has 3 rings (SSSR count). The highest BCUT2D eigenvalue weighted by molar-refractivity contribution is 7.98. The lowest BCUT2D eigenvalue weighted by Crippen LogP contribution is -1.95. The molecule has 106 valence electrons. The van der Waals surface area contributed by atoms with Crippen molar-refractivity contribution in [1.82, 2.24) is 19.9 Å². The number of thiophene rings is 1. The van der Waals surface area contributed by atoms with Crippen LogP contribution in [-0.4, -0.2) is 31.0 Å². The van der Waals surface area contributed by atoms with Crippen LogP contribution in [-0.2, 0) is 5.75 Å². The van der Waals surface area contributed by atoms with Gasteiger partial charge < -0.3 is 5.11 Å². The molecule has 3 heterocycles. The average molecular weight is 318 g/mol. The Morgan fingerprint density at radius 1 is 1.29 bits per heavy atom. The van der Waals surface area contributed by atoms with Gasteiger partial charge in [-0.25, -0.2) is 24.7 Å². The number of carbonyl (C=O) groups is 1. The summed E-state index contributed by atoms with van der Waals surface area (Å²) in [5, 5.41) is 10.8. The summed E-state index contributed by atoms with van der Waals surface area (Å²) in [6, 6.07) is 1.76. The van der Waals surface area contributed by atoms with Crippen LogP contribution in [0, 0.1) is 6.92 Å². The molecule has 0 amide bonds. The second-order valence-electron chi connectivity index (χ2n) is 4.17. The van der Waals surface area contributed by atoms with Crippen LogP contribution >= 0.6 is 23.1 Å². The number of hydrogen-bond donors (Lipinski definition) is 1. The van der Waals surface area contributed by atoms with E-state index in [-0.39, 0.29) is 0 Å². The summed E-state index contributed by atoms with van der Waals surface area (Å²) in [7, 11) is 0. The molecule has 0 unspecified atom stereocenters. The predicted octanol–water partition coefficient (Wildman–Crippen LogP) is 2.78. The van der Waals surface area contributed by atoms with Crippen LogP contribution in [0.3, 0.4) is 0 Å². The van der Waals surface area contributed by atoms with Gasteiger partial charge in [-0.3, -0.25) is 0 Å². The molecule has 3 aromatic rings. The van der Waals surface area contributed by atoms with E-state index in [1.54, 1.807) is 25.4 Å². The average Bonchev–Trinajstić information content (AvgIpc) is 2.84. The van der Waals surface area contributed by atoms with Crippen molar-refractivity contribution in [2.24, 2.45) is 0 Å². The maximum atomic E-state index is 11.2. The monoisotopic (exact) mass is 318 g/mol. The Kier molecular flexibility index (Phi) is 3.80. The third-order valence-electron chi connectivity index (χ3n) is 2.84. The third-order valence-corrected chi connectivity index (χ3v) is 5.02. The maximum Gasteiger partial charge on any atom is 0.346 e. The number of aromatic carboxylic acids is 1. The van der Waals surface area contributed by atoms with Gasteiger partial charge in [-0.2, -0.15) is 0 Å². The number of aryl methyl sites for hydroxylation is 1. The lowest BCUT2D eigenvalue weighted by Gasteiger charge is -2.02. The van der Waals surface area contributed by atoms with Gasteiger partial charge in [0.05, 0.1) is 5.75 Å². The summed E-state index contributed by atoms with van der Waals surface area (Å²) in [6.45, 7) is 1.79. The van der Waals surface area contributed by atoms with E-state index in [0.717, 1.165) is 10.4 Å². The number of carboxylic acids is 1. The van der Waals surface area contributed by atoms with Crippen molar-refractivity contribution in [3.63, 3.8) is 0 Å². The molecular weight excluding hydrogens is 308 g/mol. The lowest BCUT2D eigenvalue weighted by molar-refractivity contribution is 0.0701. The van der Waals surface area contributed by atoms with E-state index in [0.29, 0.717) is 26.8 Å². The summed E-state index contributed by atoms with van der Waals surface area (Å²) in [5.74, 6) is 0.350. The minimum Gasteiger partial charge on any atom is -0.477 e. The molecule has 1 N–H and O–H groups in total. The van der Waals surface area contributed by atoms with Crippen LogP contribution in [0.15, 0.2) is 29.8 Å². The molecule has 0 aliphatic carbocycles. The smallest absolute Gasteiger partial charge is 0.346 e. The van der Waals surface area contributed by atoms with Crippen molar-refractivity contribution < 1.29 is 9.90 Å². The second-order valence-corrected chi connectivity index (χ2v) is 6.14. The van der Waals surface area contributed by atoms with Gasteiger partial charge in [-0.1, -0.05) is 11.8 Å². The standard InChI is InChI=1S/C13H10N4O2S2/c1-7-9-11(20-5-8-14-3-2-4-15-8)16-6-17-12(9)21-10(7)13(18)19/h2-4,6H,5H2,1H3,(H,18,19). The van der Waals surface area contributed by atoms with Crippen molar-refractivity contribution in [3.8, 4) is 0 Å². The predicted molar refractivity (Wildman–Crippen MR) is 80.7 cm³/mol. The Labute approximate surface area is 128 Å². The van der Waals surface area contributed by atoms with Crippen LogP contribution in [0.2, 0.25) is 0 Å². The molecule has 0 bridgehead atoms. The Balaban J connectivity index is 1.97. The van der Waals surface area contributed by atoms with E-state index < -0.39 is 5.97 Å². The van der Waals surface area contributed by atoms with E-state index in [9.17, 15) is 9.90 Å². The largest absolute Gasteiger partial charge is 0.477 e. The van der Waals surface area contributed by atoms with Gasteiger partial charge in [-0.05, 0) is 18.6 Å². The topological polar surface area (TPSA) is 88.9 Å². The van der Waals surface area contributed by atoms with Crippen LogP contribution < -0.4 is 0 Å². The van der Waals surface area contributed by atoms with Crippen molar-refractivity contribution >= 4 is 39.3 Å². The molecule has 0 aromatic carbocycles. The van der Waals surface area contributed by atoms with Gasteiger partial charge in [0, 0.05) is 17.8 Å². The van der Waals surface area contributed by atoms with E-state index in [2.05, 4.69) is 19.9 Å². The fourth-order valence-electron chi connectivity index (χ4n) is 1.89. The molecule has 0 radical (unpaired) electrons. The van der Waals surface area contributed by atoms with Gasteiger partial charge in [-0.15, -0.1) is 11.3 Å². The first-order valence-corrected chi connectivity index (χ1v) is 7.83. The molecule has 0 atom stereocenters. The van der Waals surface area contributed by atoms with Gasteiger partial charge >= 0.3 is 5.97 Å². The summed E-state index contributed by atoms with van der Waals surface area (Å²) in [6.07, 6.45) is 4.84. The minimum atomic E-state index is -0.933. The molecule has 21 heavy (non-hydrogen) atoms. The highest BCUT2D eigenvalue weighted by Gasteiger charge is 2.18. The van der Waals surface area contributed by atoms with E-state index in [4.69, 9.17) is 0 Å². The van der Waals surface area contributed by atoms with Crippen molar-refractivity contribution in [3.05, 3.63) is 41.1 Å². The Morgan fingerprint density at radius 2 is 2.05 bits per heavy atom. The number of hydrogen-bond acceptors (Lipinski definition) is 7. The molecule has 3 aromatic heterocycles. The zero-order valence-corrected chi connectivity index (χ0v) is 12.6. The number of aromatic nitrogens is 4. The molecule has 0 saturated carbocycles.